The van der Waals surface area contributed by atoms with Gasteiger partial charge in [0.05, 0.1) is 0 Å². The van der Waals surface area contributed by atoms with Crippen LogP contribution in [0.1, 0.15) is 0 Å². The molecule has 0 saturated carbocycles. The molecule has 0 bridgehead atoms. The summed E-state index contributed by atoms with van der Waals surface area (Å²) in [4.78, 5) is 0. The molecule has 13 heteroatoms. The Morgan fingerprint density at radius 2 is 1.20 bits per heavy atom. The van der Waals surface area contributed by atoms with Gasteiger partial charge in [0.25, 0.3) is 10.1 Å². The molecule has 0 aromatic carbocycles. The highest BCUT2D eigenvalue weighted by Gasteiger charge is 2.46. The van der Waals surface area contributed by atoms with Gasteiger partial charge in [-0.05, 0) is 0 Å². The Labute approximate surface area is 139 Å². The molecule has 0 saturated heterocycles. The Morgan fingerprint density at radius 3 is 1.48 bits per heavy atom. The Morgan fingerprint density at radius 1 is 0.880 bits per heavy atom. The highest BCUT2D eigenvalue weighted by atomic mass is 32.2. The molecule has 0 aliphatic rings. The molecule has 7 atom stereocenters. The second kappa shape index (κ2) is 12.4. The van der Waals surface area contributed by atoms with Crippen LogP contribution in [0.4, 0.5) is 35.1 Å². The van der Waals surface area contributed by atoms with E-state index in [9.17, 15) is 43.5 Å². The monoisotopic (exact) mass is 409 g/mol. The van der Waals surface area contributed by atoms with Crippen LogP contribution in [0, 0.1) is 0 Å². The van der Waals surface area contributed by atoms with Crippen molar-refractivity contribution in [3.63, 3.8) is 0 Å². The molecule has 4 nitrogen and oxygen atoms in total. The summed E-state index contributed by atoms with van der Waals surface area (Å²) in [5.41, 5.74) is 4.91. The standard InChI is InChI=1S/C9H12F8O3S.C3H7N/c10-1-3(11)5(13)7(15)9(17)8(16)6(14)4(12)2-21(18,19)20;1-2-3-4/h3-9H,1-2H2,(H,18,19,20);2H,1,3-4H2. The molecule has 0 spiro atoms. The quantitative estimate of drug-likeness (QED) is 0.330. The van der Waals surface area contributed by atoms with Crippen LogP contribution in [0.3, 0.4) is 0 Å². The summed E-state index contributed by atoms with van der Waals surface area (Å²) in [6.45, 7) is 1.89. The van der Waals surface area contributed by atoms with E-state index in [-0.39, 0.29) is 0 Å². The second-order valence-corrected chi connectivity index (χ2v) is 6.18. The Bertz CT molecular complexity index is 469. The summed E-state index contributed by atoms with van der Waals surface area (Å²) < 4.78 is 131. The van der Waals surface area contributed by atoms with Gasteiger partial charge in [0, 0.05) is 6.54 Å². The van der Waals surface area contributed by atoms with E-state index in [1.54, 1.807) is 6.08 Å². The number of alkyl halides is 8. The lowest BCUT2D eigenvalue weighted by molar-refractivity contribution is -0.0351. The van der Waals surface area contributed by atoms with Crippen LogP contribution in [0.25, 0.3) is 0 Å². The number of hydrogen-bond acceptors (Lipinski definition) is 3. The third-order valence-electron chi connectivity index (χ3n) is 2.59. The fourth-order valence-electron chi connectivity index (χ4n) is 1.30. The minimum Gasteiger partial charge on any atom is -0.327 e. The van der Waals surface area contributed by atoms with Gasteiger partial charge >= 0.3 is 0 Å². The molecular formula is C12H19F8NO3S. The van der Waals surface area contributed by atoms with Crippen molar-refractivity contribution in [2.24, 2.45) is 5.73 Å². The van der Waals surface area contributed by atoms with Crippen LogP contribution in [0.5, 0.6) is 0 Å². The predicted octanol–water partition coefficient (Wildman–Crippen LogP) is 2.34. The van der Waals surface area contributed by atoms with Crippen LogP contribution in [-0.4, -0.2) is 75.1 Å². The summed E-state index contributed by atoms with van der Waals surface area (Å²) in [7, 11) is -5.06. The van der Waals surface area contributed by atoms with Crippen molar-refractivity contribution in [3.8, 4) is 0 Å². The molecule has 3 N–H and O–H groups in total. The molecule has 0 amide bonds. The van der Waals surface area contributed by atoms with E-state index in [1.807, 2.05) is 0 Å². The lowest BCUT2D eigenvalue weighted by atomic mass is 10.0. The van der Waals surface area contributed by atoms with Gasteiger partial charge in [0.15, 0.2) is 43.2 Å². The third-order valence-corrected chi connectivity index (χ3v) is 3.33. The van der Waals surface area contributed by atoms with Crippen LogP contribution in [0.2, 0.25) is 0 Å². The second-order valence-electron chi connectivity index (χ2n) is 4.68. The number of hydrogen-bond donors (Lipinski definition) is 2. The van der Waals surface area contributed by atoms with Crippen LogP contribution in [0.15, 0.2) is 12.7 Å². The summed E-state index contributed by atoms with van der Waals surface area (Å²) in [5, 5.41) is 0. The SMILES string of the molecule is C=CCN.O=S(=O)(O)CC(F)C(F)C(F)C(F)C(F)C(F)C(F)CF. The van der Waals surface area contributed by atoms with Crippen molar-refractivity contribution in [2.45, 2.75) is 43.2 Å². The third kappa shape index (κ3) is 10.6. The molecule has 0 radical (unpaired) electrons. The lowest BCUT2D eigenvalue weighted by Crippen LogP contribution is -2.46. The van der Waals surface area contributed by atoms with Crippen molar-refractivity contribution >= 4 is 10.1 Å². The molecular weight excluding hydrogens is 390 g/mol. The molecule has 0 aromatic rings. The molecule has 152 valence electrons. The van der Waals surface area contributed by atoms with E-state index in [0.717, 1.165) is 0 Å². The normalized spacial score (nSPS) is 20.2. The molecule has 0 aliphatic carbocycles. The van der Waals surface area contributed by atoms with E-state index >= 15 is 0 Å². The zero-order valence-electron chi connectivity index (χ0n) is 12.7. The first-order valence-corrected chi connectivity index (χ1v) is 8.25. The van der Waals surface area contributed by atoms with Crippen molar-refractivity contribution in [2.75, 3.05) is 19.0 Å². The molecule has 0 fully saturated rings. The van der Waals surface area contributed by atoms with Gasteiger partial charge in [-0.25, -0.2) is 35.1 Å². The summed E-state index contributed by atoms with van der Waals surface area (Å²) in [6.07, 6.45) is -22.7. The maximum Gasteiger partial charge on any atom is 0.267 e. The summed E-state index contributed by atoms with van der Waals surface area (Å²) in [5.74, 6) is -1.94. The Hall–Kier alpha value is -0.950. The zero-order valence-corrected chi connectivity index (χ0v) is 13.5. The highest BCUT2D eigenvalue weighted by molar-refractivity contribution is 7.85. The molecule has 0 aromatic heterocycles. The van der Waals surface area contributed by atoms with Crippen molar-refractivity contribution in [3.05, 3.63) is 12.7 Å². The largest absolute Gasteiger partial charge is 0.327 e. The molecule has 0 aliphatic heterocycles. The van der Waals surface area contributed by atoms with Gasteiger partial charge in [-0.2, -0.15) is 8.42 Å². The lowest BCUT2D eigenvalue weighted by Gasteiger charge is -2.24. The van der Waals surface area contributed by atoms with E-state index in [4.69, 9.17) is 10.3 Å². The Balaban J connectivity index is 0. The van der Waals surface area contributed by atoms with Gasteiger partial charge in [0.1, 0.15) is 12.4 Å². The van der Waals surface area contributed by atoms with Crippen LogP contribution in [-0.2, 0) is 10.1 Å². The van der Waals surface area contributed by atoms with Crippen LogP contribution >= 0.6 is 0 Å². The van der Waals surface area contributed by atoms with Crippen LogP contribution < -0.4 is 5.73 Å². The topological polar surface area (TPSA) is 80.4 Å². The summed E-state index contributed by atoms with van der Waals surface area (Å²) >= 11 is 0. The number of nitrogens with two attached hydrogens (primary N) is 1. The van der Waals surface area contributed by atoms with Gasteiger partial charge in [0.2, 0.25) is 0 Å². The smallest absolute Gasteiger partial charge is 0.267 e. The maximum absolute atomic E-state index is 13.1. The van der Waals surface area contributed by atoms with Crippen molar-refractivity contribution in [1.29, 1.82) is 0 Å². The minimum atomic E-state index is -5.06. The average molecular weight is 409 g/mol. The first kappa shape index (κ1) is 26.3. The minimum absolute atomic E-state index is 0.583. The fourth-order valence-corrected chi connectivity index (χ4v) is 1.89. The zero-order chi connectivity index (χ0) is 20.4. The van der Waals surface area contributed by atoms with Crippen molar-refractivity contribution in [1.82, 2.24) is 0 Å². The van der Waals surface area contributed by atoms with E-state index in [1.165, 1.54) is 0 Å². The first-order valence-electron chi connectivity index (χ1n) is 6.64. The molecule has 7 unspecified atom stereocenters. The summed E-state index contributed by atoms with van der Waals surface area (Å²) in [6, 6.07) is 0. The van der Waals surface area contributed by atoms with E-state index in [0.29, 0.717) is 6.54 Å². The van der Waals surface area contributed by atoms with Crippen molar-refractivity contribution < 1.29 is 48.1 Å². The first-order chi connectivity index (χ1) is 11.3. The van der Waals surface area contributed by atoms with Gasteiger partial charge in [-0.3, -0.25) is 4.55 Å². The fraction of sp³-hybridized carbons (Fsp3) is 0.833. The van der Waals surface area contributed by atoms with Gasteiger partial charge < -0.3 is 5.73 Å². The average Bonchev–Trinajstić information content (AvgIpc) is 2.56. The molecule has 0 rings (SSSR count). The van der Waals surface area contributed by atoms with E-state index in [2.05, 4.69) is 6.58 Å². The molecule has 0 heterocycles. The number of rotatable bonds is 10. The predicted molar refractivity (Wildman–Crippen MR) is 75.9 cm³/mol. The van der Waals surface area contributed by atoms with Gasteiger partial charge in [-0.1, -0.05) is 6.08 Å². The van der Waals surface area contributed by atoms with Gasteiger partial charge in [-0.15, -0.1) is 6.58 Å². The molecule has 25 heavy (non-hydrogen) atoms. The Kier molecular flexibility index (Phi) is 13.0. The maximum atomic E-state index is 13.1. The van der Waals surface area contributed by atoms with E-state index < -0.39 is 65.7 Å². The highest BCUT2D eigenvalue weighted by Crippen LogP contribution is 2.26. The number of halogens is 8.